The van der Waals surface area contributed by atoms with Gasteiger partial charge in [0, 0.05) is 24.8 Å². The summed E-state index contributed by atoms with van der Waals surface area (Å²) in [7, 11) is 0. The molecule has 2 N–H and O–H groups in total. The number of carbonyl (C=O) groups is 4. The summed E-state index contributed by atoms with van der Waals surface area (Å²) in [5, 5.41) is 10.6. The van der Waals surface area contributed by atoms with E-state index >= 15 is 0 Å². The molecule has 0 spiro atoms. The summed E-state index contributed by atoms with van der Waals surface area (Å²) >= 11 is 0. The summed E-state index contributed by atoms with van der Waals surface area (Å²) in [6.07, 6.45) is 5.91. The minimum absolute atomic E-state index is 0.00855. The van der Waals surface area contributed by atoms with Gasteiger partial charge in [0.1, 0.15) is 11.5 Å². The number of fused-ring (bicyclic) bond motifs is 4. The lowest BCUT2D eigenvalue weighted by Crippen LogP contribution is -2.15. The van der Waals surface area contributed by atoms with Crippen molar-refractivity contribution in [3.63, 3.8) is 0 Å². The Bertz CT molecular complexity index is 3090. The van der Waals surface area contributed by atoms with Crippen molar-refractivity contribution in [2.24, 2.45) is 9.98 Å². The smallest absolute Gasteiger partial charge is 0.315 e. The van der Waals surface area contributed by atoms with E-state index in [1.165, 1.54) is 24.8 Å². The number of benzene rings is 8. The van der Waals surface area contributed by atoms with E-state index in [1.807, 2.05) is 84.9 Å². The Labute approximate surface area is 380 Å². The van der Waals surface area contributed by atoms with Gasteiger partial charge in [0.25, 0.3) is 0 Å². The first-order valence-electron chi connectivity index (χ1n) is 21.2. The fourth-order valence-corrected chi connectivity index (χ4v) is 7.47. The number of nitrogens with one attached hydrogen (secondary N) is 2. The van der Waals surface area contributed by atoms with E-state index in [4.69, 9.17) is 19.5 Å². The predicted octanol–water partition coefficient (Wildman–Crippen LogP) is 11.8. The molecule has 1 aliphatic heterocycles. The Balaban J connectivity index is 0.985. The van der Waals surface area contributed by atoms with E-state index in [2.05, 4.69) is 10.6 Å². The summed E-state index contributed by atoms with van der Waals surface area (Å²) < 4.78 is 11.7. The molecule has 0 amide bonds. The van der Waals surface area contributed by atoms with Crippen molar-refractivity contribution in [1.82, 2.24) is 0 Å². The molecular formula is C56H40N4O6. The third kappa shape index (κ3) is 9.94. The van der Waals surface area contributed by atoms with Crippen molar-refractivity contribution in [3.8, 4) is 11.5 Å². The number of anilines is 2. The van der Waals surface area contributed by atoms with Crippen molar-refractivity contribution >= 4 is 80.2 Å². The van der Waals surface area contributed by atoms with E-state index < -0.39 is 23.5 Å². The molecule has 8 aromatic carbocycles. The first kappa shape index (κ1) is 42.3. The van der Waals surface area contributed by atoms with Gasteiger partial charge in [-0.05, 0) is 81.2 Å². The summed E-state index contributed by atoms with van der Waals surface area (Å²) in [4.78, 5) is 64.9. The van der Waals surface area contributed by atoms with Crippen LogP contribution >= 0.6 is 0 Å². The van der Waals surface area contributed by atoms with E-state index in [1.54, 1.807) is 97.1 Å². The minimum atomic E-state index is -0.517. The van der Waals surface area contributed by atoms with Crippen LogP contribution in [0.25, 0.3) is 21.5 Å². The fraction of sp³-hybridized carbons (Fsp3) is 0.0357. The second-order valence-corrected chi connectivity index (χ2v) is 15.4. The topological polar surface area (TPSA) is 136 Å². The molecule has 0 saturated carbocycles. The van der Waals surface area contributed by atoms with Gasteiger partial charge >= 0.3 is 11.9 Å². The number of ketones is 2. The molecule has 0 saturated heterocycles. The normalized spacial score (nSPS) is 13.9. The summed E-state index contributed by atoms with van der Waals surface area (Å²) in [5.41, 5.74) is 4.12. The molecule has 9 rings (SSSR count). The van der Waals surface area contributed by atoms with Gasteiger partial charge in [0.2, 0.25) is 0 Å². The summed E-state index contributed by atoms with van der Waals surface area (Å²) in [6, 6.07) is 54.8. The zero-order chi connectivity index (χ0) is 45.2. The van der Waals surface area contributed by atoms with Gasteiger partial charge in [-0.15, -0.1) is 0 Å². The highest BCUT2D eigenvalue weighted by molar-refractivity contribution is 6.24. The Kier molecular flexibility index (Phi) is 12.5. The number of ether oxygens (including phenoxy) is 2. The highest BCUT2D eigenvalue weighted by atomic mass is 16.5. The molecule has 1 heterocycles. The van der Waals surface area contributed by atoms with Gasteiger partial charge < -0.3 is 20.1 Å². The predicted molar refractivity (Wildman–Crippen MR) is 261 cm³/mol. The van der Waals surface area contributed by atoms with Crippen molar-refractivity contribution < 1.29 is 28.7 Å². The SMILES string of the molecule is O=C(Cc1ccc2ccccc2c1)Oc1ccccc1C(=O)/C1=C\Nc2ccccc2N=C/C(C(=O)c2ccccc2OC(=O)Cc2ccc3ccccc3c2)=C/Nc2ccccc2N=C1. The lowest BCUT2D eigenvalue weighted by molar-refractivity contribution is -0.134. The minimum Gasteiger partial charge on any atom is -0.425 e. The van der Waals surface area contributed by atoms with Gasteiger partial charge in [-0.3, -0.25) is 29.2 Å². The van der Waals surface area contributed by atoms with E-state index in [9.17, 15) is 19.2 Å². The van der Waals surface area contributed by atoms with Crippen LogP contribution in [0.15, 0.2) is 216 Å². The van der Waals surface area contributed by atoms with Gasteiger partial charge in [-0.1, -0.05) is 133 Å². The van der Waals surface area contributed by atoms with Crippen LogP contribution in [0.4, 0.5) is 22.7 Å². The molecule has 320 valence electrons. The molecule has 0 atom stereocenters. The van der Waals surface area contributed by atoms with E-state index in [0.717, 1.165) is 32.7 Å². The van der Waals surface area contributed by atoms with Crippen LogP contribution in [0, 0.1) is 0 Å². The number of hydrogen-bond acceptors (Lipinski definition) is 10. The first-order chi connectivity index (χ1) is 32.3. The van der Waals surface area contributed by atoms with Crippen molar-refractivity contribution in [3.05, 3.63) is 228 Å². The highest BCUT2D eigenvalue weighted by Crippen LogP contribution is 2.30. The second kappa shape index (κ2) is 19.6. The lowest BCUT2D eigenvalue weighted by atomic mass is 10.0. The molecule has 10 heteroatoms. The highest BCUT2D eigenvalue weighted by Gasteiger charge is 2.21. The molecule has 0 bridgehead atoms. The molecule has 1 aliphatic rings. The number of rotatable bonds is 10. The quantitative estimate of drug-likeness (QED) is 0.0788. The molecule has 66 heavy (non-hydrogen) atoms. The average Bonchev–Trinajstić information content (AvgIpc) is 3.34. The maximum atomic E-state index is 14.4. The first-order valence-corrected chi connectivity index (χ1v) is 21.2. The Hall–Kier alpha value is -9.02. The number of allylic oxidation sites excluding steroid dienone is 2. The fourth-order valence-electron chi connectivity index (χ4n) is 7.47. The largest absolute Gasteiger partial charge is 0.425 e. The average molecular weight is 865 g/mol. The van der Waals surface area contributed by atoms with Crippen molar-refractivity contribution in [1.29, 1.82) is 0 Å². The van der Waals surface area contributed by atoms with Gasteiger partial charge in [-0.2, -0.15) is 0 Å². The van der Waals surface area contributed by atoms with Crippen LogP contribution < -0.4 is 20.1 Å². The van der Waals surface area contributed by atoms with E-state index in [-0.39, 0.29) is 46.6 Å². The number of Topliss-reactive ketones (excluding diaryl/α,β-unsaturated/α-hetero) is 2. The molecular weight excluding hydrogens is 825 g/mol. The molecule has 8 aromatic rings. The molecule has 0 aliphatic carbocycles. The summed E-state index contributed by atoms with van der Waals surface area (Å²) in [5.74, 6) is -1.73. The molecule has 0 fully saturated rings. The van der Waals surface area contributed by atoms with Crippen LogP contribution in [0.2, 0.25) is 0 Å². The Morgan fingerprint density at radius 1 is 0.409 bits per heavy atom. The number of carbonyl (C=O) groups excluding carboxylic acids is 4. The van der Waals surface area contributed by atoms with Crippen LogP contribution in [0.3, 0.4) is 0 Å². The number of para-hydroxylation sites is 6. The Morgan fingerprint density at radius 2 is 0.788 bits per heavy atom. The molecule has 0 radical (unpaired) electrons. The Morgan fingerprint density at radius 3 is 1.24 bits per heavy atom. The zero-order valence-corrected chi connectivity index (χ0v) is 35.4. The zero-order valence-electron chi connectivity index (χ0n) is 35.4. The van der Waals surface area contributed by atoms with Crippen LogP contribution in [-0.4, -0.2) is 35.9 Å². The summed E-state index contributed by atoms with van der Waals surface area (Å²) in [6.45, 7) is 0. The lowest BCUT2D eigenvalue weighted by Gasteiger charge is -2.13. The molecule has 0 unspecified atom stereocenters. The van der Waals surface area contributed by atoms with Gasteiger partial charge in [0.05, 0.1) is 57.9 Å². The number of hydrogen-bond donors (Lipinski definition) is 2. The number of esters is 2. The van der Waals surface area contributed by atoms with Crippen LogP contribution in [-0.2, 0) is 22.4 Å². The third-order valence-corrected chi connectivity index (χ3v) is 10.8. The molecule has 10 nitrogen and oxygen atoms in total. The van der Waals surface area contributed by atoms with Crippen LogP contribution in [0.5, 0.6) is 11.5 Å². The van der Waals surface area contributed by atoms with Crippen molar-refractivity contribution in [2.45, 2.75) is 12.8 Å². The van der Waals surface area contributed by atoms with Crippen molar-refractivity contribution in [2.75, 3.05) is 10.6 Å². The van der Waals surface area contributed by atoms with Gasteiger partial charge in [-0.25, -0.2) is 0 Å². The molecule has 0 aromatic heterocycles. The number of nitrogens with zero attached hydrogens (tertiary/aromatic N) is 2. The van der Waals surface area contributed by atoms with E-state index in [0.29, 0.717) is 22.7 Å². The maximum absolute atomic E-state index is 14.4. The standard InChI is InChI=1S/C56H40N4O6/c61-53(31-37-25-27-39-13-1-3-15-41(39)29-37)65-51-23-11-5-17-45(51)55(63)43-33-57-47-19-7-9-21-49(47)59-35-44(36-60-50-22-10-8-20-48(50)58-34-43)56(64)46-18-6-12-24-52(46)66-54(62)32-38-26-28-40-14-2-4-16-42(40)30-38/h1-30,33-36,57,60H,31-32H2/b43-33-,44-36-,58-34?,59-35?. The van der Waals surface area contributed by atoms with Crippen LogP contribution in [0.1, 0.15) is 31.8 Å². The maximum Gasteiger partial charge on any atom is 0.315 e. The number of aliphatic imine (C=N–C) groups is 2. The van der Waals surface area contributed by atoms with Gasteiger partial charge in [0.15, 0.2) is 11.6 Å². The monoisotopic (exact) mass is 864 g/mol. The third-order valence-electron chi connectivity index (χ3n) is 10.8. The second-order valence-electron chi connectivity index (χ2n) is 15.4.